The second kappa shape index (κ2) is 6.75. The number of aryl methyl sites for hydroxylation is 1. The van der Waals surface area contributed by atoms with Crippen molar-refractivity contribution in [2.24, 2.45) is 0 Å². The molecule has 0 N–H and O–H groups in total. The predicted molar refractivity (Wildman–Crippen MR) is 91.8 cm³/mol. The molecular weight excluding hydrogens is 294 g/mol. The zero-order valence-corrected chi connectivity index (χ0v) is 14.9. The molecule has 23 heavy (non-hydrogen) atoms. The van der Waals surface area contributed by atoms with E-state index in [9.17, 15) is 0 Å². The van der Waals surface area contributed by atoms with Gasteiger partial charge in [0.25, 0.3) is 0 Å². The Balaban J connectivity index is 2.39. The van der Waals surface area contributed by atoms with E-state index in [1.807, 2.05) is 58.9 Å². The van der Waals surface area contributed by atoms with Crippen molar-refractivity contribution >= 4 is 12.7 Å². The van der Waals surface area contributed by atoms with E-state index in [-0.39, 0.29) is 5.73 Å². The number of hydrogen-bond acceptors (Lipinski definition) is 3. The molecule has 126 valence electrons. The topological polar surface area (TPSA) is 27.7 Å². The summed E-state index contributed by atoms with van der Waals surface area (Å²) < 4.78 is 32.0. The Hall–Kier alpha value is -1.17. The molecule has 1 heterocycles. The Labute approximate surface area is 139 Å². The van der Waals surface area contributed by atoms with Crippen LogP contribution in [-0.4, -0.2) is 32.0 Å². The quantitative estimate of drug-likeness (QED) is 0.755. The van der Waals surface area contributed by atoms with Crippen LogP contribution in [0.15, 0.2) is 30.0 Å². The van der Waals surface area contributed by atoms with E-state index < -0.39 is 18.3 Å². The third-order valence-corrected chi connectivity index (χ3v) is 4.67. The number of ether oxygens (including phenoxy) is 1. The lowest BCUT2D eigenvalue weighted by Gasteiger charge is -2.32. The van der Waals surface area contributed by atoms with Crippen LogP contribution in [0.4, 0.5) is 4.39 Å². The fourth-order valence-corrected chi connectivity index (χ4v) is 2.53. The van der Waals surface area contributed by atoms with Crippen LogP contribution in [0.3, 0.4) is 0 Å². The van der Waals surface area contributed by atoms with Gasteiger partial charge in [-0.1, -0.05) is 29.8 Å². The van der Waals surface area contributed by atoms with Crippen LogP contribution >= 0.6 is 0 Å². The second-order valence-corrected chi connectivity index (χ2v) is 7.03. The molecule has 2 rings (SSSR count). The van der Waals surface area contributed by atoms with E-state index in [1.54, 1.807) is 7.11 Å². The molecule has 0 aromatic heterocycles. The number of benzene rings is 1. The van der Waals surface area contributed by atoms with E-state index in [0.29, 0.717) is 18.6 Å². The molecule has 0 unspecified atom stereocenters. The highest BCUT2D eigenvalue weighted by atomic mass is 19.1. The van der Waals surface area contributed by atoms with Crippen molar-refractivity contribution in [1.82, 2.24) is 0 Å². The van der Waals surface area contributed by atoms with Gasteiger partial charge in [-0.25, -0.2) is 4.39 Å². The summed E-state index contributed by atoms with van der Waals surface area (Å²) in [4.78, 5) is 0. The van der Waals surface area contributed by atoms with Crippen molar-refractivity contribution in [3.8, 4) is 0 Å². The van der Waals surface area contributed by atoms with E-state index in [4.69, 9.17) is 14.0 Å². The molecule has 0 atom stereocenters. The van der Waals surface area contributed by atoms with Gasteiger partial charge in [-0.2, -0.15) is 0 Å². The Morgan fingerprint density at radius 1 is 1.17 bits per heavy atom. The van der Waals surface area contributed by atoms with Crippen molar-refractivity contribution in [1.29, 1.82) is 0 Å². The summed E-state index contributed by atoms with van der Waals surface area (Å²) in [6.07, 6.45) is 0.468. The molecule has 1 aromatic rings. The van der Waals surface area contributed by atoms with Gasteiger partial charge in [-0.3, -0.25) is 0 Å². The first-order valence-corrected chi connectivity index (χ1v) is 7.98. The summed E-state index contributed by atoms with van der Waals surface area (Å²) in [5, 5.41) is 0. The standard InChI is InChI=1S/C18H26BFO3/c1-13-8-7-9-14(12-13)15(10-11-21-6)16(20)19-22-17(2,3)18(4,5)23-19/h7-9,12H,10-11H2,1-6H3. The van der Waals surface area contributed by atoms with Gasteiger partial charge >= 0.3 is 7.12 Å². The van der Waals surface area contributed by atoms with Gasteiger partial charge in [-0.05, 0) is 52.2 Å². The highest BCUT2D eigenvalue weighted by molar-refractivity contribution is 6.55. The van der Waals surface area contributed by atoms with Crippen LogP contribution in [0.5, 0.6) is 0 Å². The SMILES string of the molecule is COCCC(=C(F)B1OC(C)(C)C(C)(C)O1)c1cccc(C)c1. The first-order valence-electron chi connectivity index (χ1n) is 7.98. The molecule has 1 aliphatic heterocycles. The van der Waals surface area contributed by atoms with Crippen LogP contribution in [-0.2, 0) is 14.0 Å². The lowest BCUT2D eigenvalue weighted by Crippen LogP contribution is -2.41. The third-order valence-electron chi connectivity index (χ3n) is 4.67. The molecule has 0 amide bonds. The van der Waals surface area contributed by atoms with Crippen molar-refractivity contribution in [3.05, 3.63) is 41.1 Å². The monoisotopic (exact) mass is 320 g/mol. The van der Waals surface area contributed by atoms with Crippen molar-refractivity contribution < 1.29 is 18.4 Å². The summed E-state index contributed by atoms with van der Waals surface area (Å²) in [5.41, 5.74) is 1.01. The summed E-state index contributed by atoms with van der Waals surface area (Å²) in [7, 11) is 0.632. The van der Waals surface area contributed by atoms with E-state index >= 15 is 4.39 Å². The molecule has 1 aromatic carbocycles. The Kier molecular flexibility index (Phi) is 5.34. The third kappa shape index (κ3) is 3.85. The maximum Gasteiger partial charge on any atom is 0.525 e. The van der Waals surface area contributed by atoms with Crippen LogP contribution in [0, 0.1) is 6.92 Å². The molecule has 1 fully saturated rings. The first kappa shape index (κ1) is 18.2. The number of halogens is 1. The average Bonchev–Trinajstić information content (AvgIpc) is 2.68. The molecule has 3 nitrogen and oxygen atoms in total. The number of rotatable bonds is 5. The number of hydrogen-bond donors (Lipinski definition) is 0. The minimum atomic E-state index is -0.979. The molecular formula is C18H26BFO3. The zero-order chi connectivity index (χ0) is 17.3. The van der Waals surface area contributed by atoms with Gasteiger partial charge < -0.3 is 14.0 Å². The molecule has 0 saturated carbocycles. The van der Waals surface area contributed by atoms with Crippen LogP contribution in [0.1, 0.15) is 45.2 Å². The fraction of sp³-hybridized carbons (Fsp3) is 0.556. The molecule has 1 saturated heterocycles. The Bertz CT molecular complexity index is 580. The second-order valence-electron chi connectivity index (χ2n) is 7.03. The van der Waals surface area contributed by atoms with Gasteiger partial charge in [0.1, 0.15) is 5.73 Å². The van der Waals surface area contributed by atoms with E-state index in [2.05, 4.69) is 0 Å². The average molecular weight is 320 g/mol. The van der Waals surface area contributed by atoms with Crippen LogP contribution in [0.25, 0.3) is 5.57 Å². The Morgan fingerprint density at radius 2 is 1.78 bits per heavy atom. The lowest BCUT2D eigenvalue weighted by molar-refractivity contribution is 0.00578. The highest BCUT2D eigenvalue weighted by Crippen LogP contribution is 2.40. The number of methoxy groups -OCH3 is 1. The van der Waals surface area contributed by atoms with Crippen molar-refractivity contribution in [3.63, 3.8) is 0 Å². The van der Waals surface area contributed by atoms with Gasteiger partial charge in [0.05, 0.1) is 17.8 Å². The van der Waals surface area contributed by atoms with Gasteiger partial charge in [0, 0.05) is 7.11 Å². The maximum absolute atomic E-state index is 15.2. The normalized spacial score (nSPS) is 20.6. The minimum absolute atomic E-state index is 0.369. The van der Waals surface area contributed by atoms with Gasteiger partial charge in [0.15, 0.2) is 0 Å². The zero-order valence-electron chi connectivity index (χ0n) is 14.9. The summed E-state index contributed by atoms with van der Waals surface area (Å²) in [6, 6.07) is 7.79. The van der Waals surface area contributed by atoms with Crippen LogP contribution < -0.4 is 0 Å². The molecule has 1 aliphatic rings. The smallest absolute Gasteiger partial charge is 0.398 e. The van der Waals surface area contributed by atoms with Crippen molar-refractivity contribution in [2.45, 2.75) is 52.2 Å². The largest absolute Gasteiger partial charge is 0.525 e. The summed E-state index contributed by atoms with van der Waals surface area (Å²) >= 11 is 0. The van der Waals surface area contributed by atoms with E-state index in [1.165, 1.54) is 0 Å². The summed E-state index contributed by atoms with van der Waals surface area (Å²) in [6.45, 7) is 10.1. The molecule has 0 radical (unpaired) electrons. The molecule has 0 spiro atoms. The van der Waals surface area contributed by atoms with Crippen molar-refractivity contribution in [2.75, 3.05) is 13.7 Å². The van der Waals surface area contributed by atoms with E-state index in [0.717, 1.165) is 11.1 Å². The fourth-order valence-electron chi connectivity index (χ4n) is 2.53. The first-order chi connectivity index (χ1) is 10.7. The lowest BCUT2D eigenvalue weighted by atomic mass is 9.81. The molecule has 0 aliphatic carbocycles. The predicted octanol–water partition coefficient (Wildman–Crippen LogP) is 4.34. The minimum Gasteiger partial charge on any atom is -0.398 e. The molecule has 0 bridgehead atoms. The Morgan fingerprint density at radius 3 is 2.30 bits per heavy atom. The summed E-state index contributed by atoms with van der Waals surface area (Å²) in [5.74, 6) is 0. The highest BCUT2D eigenvalue weighted by Gasteiger charge is 2.53. The van der Waals surface area contributed by atoms with Crippen LogP contribution in [0.2, 0.25) is 0 Å². The molecule has 5 heteroatoms. The maximum atomic E-state index is 15.2. The van der Waals surface area contributed by atoms with Gasteiger partial charge in [0.2, 0.25) is 0 Å². The van der Waals surface area contributed by atoms with Gasteiger partial charge in [-0.15, -0.1) is 0 Å².